The summed E-state index contributed by atoms with van der Waals surface area (Å²) in [5.74, 6) is 0.709. The minimum absolute atomic E-state index is 0.0387. The summed E-state index contributed by atoms with van der Waals surface area (Å²) >= 11 is 12.0. The highest BCUT2D eigenvalue weighted by Gasteiger charge is 2.16. The van der Waals surface area contributed by atoms with Crippen molar-refractivity contribution in [1.29, 1.82) is 0 Å². The van der Waals surface area contributed by atoms with E-state index in [2.05, 4.69) is 20.8 Å². The van der Waals surface area contributed by atoms with Crippen LogP contribution in [0.1, 0.15) is 25.7 Å². The molecule has 1 atom stereocenters. The highest BCUT2D eigenvalue weighted by Crippen LogP contribution is 2.25. The number of benzene rings is 1. The van der Waals surface area contributed by atoms with Gasteiger partial charge >= 0.3 is 0 Å². The lowest BCUT2D eigenvalue weighted by molar-refractivity contribution is 0.550. The van der Waals surface area contributed by atoms with Gasteiger partial charge in [-0.2, -0.15) is 4.68 Å². The Labute approximate surface area is 115 Å². The maximum absolute atomic E-state index is 6.15. The second-order valence-electron chi connectivity index (χ2n) is 3.82. The van der Waals surface area contributed by atoms with Crippen LogP contribution in [0.25, 0.3) is 5.69 Å². The number of hydrogen-bond acceptors (Lipinski definition) is 4. The molecule has 0 fully saturated rings. The van der Waals surface area contributed by atoms with Gasteiger partial charge in [0.05, 0.1) is 16.8 Å². The molecule has 2 rings (SSSR count). The SMILES string of the molecule is CCNC(C)c1nnnn1-c1ccc(Cl)cc1Cl. The molecule has 7 heteroatoms. The first-order valence-corrected chi connectivity index (χ1v) is 6.36. The lowest BCUT2D eigenvalue weighted by atomic mass is 10.3. The van der Waals surface area contributed by atoms with Crippen molar-refractivity contribution in [1.82, 2.24) is 25.5 Å². The number of tetrazole rings is 1. The zero-order valence-electron chi connectivity index (χ0n) is 10.1. The van der Waals surface area contributed by atoms with E-state index in [-0.39, 0.29) is 6.04 Å². The molecule has 0 aliphatic heterocycles. The van der Waals surface area contributed by atoms with E-state index in [0.29, 0.717) is 21.6 Å². The fourth-order valence-corrected chi connectivity index (χ4v) is 2.17. The third kappa shape index (κ3) is 2.63. The first kappa shape index (κ1) is 13.3. The summed E-state index contributed by atoms with van der Waals surface area (Å²) in [7, 11) is 0. The Hall–Kier alpha value is -1.17. The summed E-state index contributed by atoms with van der Waals surface area (Å²) in [4.78, 5) is 0. The topological polar surface area (TPSA) is 55.6 Å². The smallest absolute Gasteiger partial charge is 0.173 e. The molecule has 0 spiro atoms. The number of hydrogen-bond donors (Lipinski definition) is 1. The van der Waals surface area contributed by atoms with Crippen LogP contribution in [0.3, 0.4) is 0 Å². The molecule has 18 heavy (non-hydrogen) atoms. The van der Waals surface area contributed by atoms with Crippen LogP contribution in [0.15, 0.2) is 18.2 Å². The molecule has 1 aromatic heterocycles. The molecule has 0 aliphatic rings. The van der Waals surface area contributed by atoms with Gasteiger partial charge in [-0.3, -0.25) is 0 Å². The Morgan fingerprint density at radius 3 is 2.83 bits per heavy atom. The molecule has 96 valence electrons. The van der Waals surface area contributed by atoms with Gasteiger partial charge in [-0.05, 0) is 42.1 Å². The van der Waals surface area contributed by atoms with Crippen LogP contribution in [-0.4, -0.2) is 26.8 Å². The van der Waals surface area contributed by atoms with Gasteiger partial charge in [-0.1, -0.05) is 30.1 Å². The van der Waals surface area contributed by atoms with Crippen molar-refractivity contribution in [3.05, 3.63) is 34.1 Å². The van der Waals surface area contributed by atoms with Gasteiger partial charge in [0.1, 0.15) is 0 Å². The van der Waals surface area contributed by atoms with Crippen molar-refractivity contribution in [3.63, 3.8) is 0 Å². The molecule has 0 saturated carbocycles. The largest absolute Gasteiger partial charge is 0.308 e. The molecule has 0 radical (unpaired) electrons. The van der Waals surface area contributed by atoms with Crippen molar-refractivity contribution in [3.8, 4) is 5.69 Å². The number of nitrogens with one attached hydrogen (secondary N) is 1. The average Bonchev–Trinajstić information content (AvgIpc) is 2.78. The summed E-state index contributed by atoms with van der Waals surface area (Å²) in [5.41, 5.74) is 0.714. The van der Waals surface area contributed by atoms with E-state index in [1.165, 1.54) is 0 Å². The van der Waals surface area contributed by atoms with Crippen LogP contribution in [-0.2, 0) is 0 Å². The zero-order chi connectivity index (χ0) is 13.1. The summed E-state index contributed by atoms with van der Waals surface area (Å²) in [5, 5.41) is 16.0. The number of halogens is 2. The van der Waals surface area contributed by atoms with E-state index in [1.807, 2.05) is 13.8 Å². The Kier molecular flexibility index (Phi) is 4.16. The normalized spacial score (nSPS) is 12.7. The Bertz CT molecular complexity index is 540. The van der Waals surface area contributed by atoms with E-state index in [4.69, 9.17) is 23.2 Å². The van der Waals surface area contributed by atoms with E-state index in [9.17, 15) is 0 Å². The summed E-state index contributed by atoms with van der Waals surface area (Å²) in [6, 6.07) is 5.26. The third-order valence-electron chi connectivity index (χ3n) is 2.53. The maximum atomic E-state index is 6.15. The predicted octanol–water partition coefficient (Wildman–Crippen LogP) is 2.64. The van der Waals surface area contributed by atoms with Gasteiger partial charge in [0.25, 0.3) is 0 Å². The standard InChI is InChI=1S/C11H13Cl2N5/c1-3-14-7(2)11-15-16-17-18(11)10-5-4-8(12)6-9(10)13/h4-7,14H,3H2,1-2H3. The lowest BCUT2D eigenvalue weighted by Crippen LogP contribution is -2.21. The van der Waals surface area contributed by atoms with Crippen molar-refractivity contribution in [2.45, 2.75) is 19.9 Å². The molecule has 0 saturated heterocycles. The molecule has 1 aromatic carbocycles. The van der Waals surface area contributed by atoms with E-state index >= 15 is 0 Å². The summed E-state index contributed by atoms with van der Waals surface area (Å²) < 4.78 is 1.62. The van der Waals surface area contributed by atoms with Gasteiger partial charge in [0, 0.05) is 5.02 Å². The molecule has 0 aliphatic carbocycles. The van der Waals surface area contributed by atoms with Gasteiger partial charge in [-0.25, -0.2) is 0 Å². The molecule has 0 bridgehead atoms. The maximum Gasteiger partial charge on any atom is 0.173 e. The zero-order valence-corrected chi connectivity index (χ0v) is 11.6. The Morgan fingerprint density at radius 2 is 2.17 bits per heavy atom. The molecule has 1 unspecified atom stereocenters. The van der Waals surface area contributed by atoms with E-state index < -0.39 is 0 Å². The number of aromatic nitrogens is 4. The first-order valence-electron chi connectivity index (χ1n) is 5.60. The second-order valence-corrected chi connectivity index (χ2v) is 4.67. The van der Waals surface area contributed by atoms with Crippen molar-refractivity contribution in [2.75, 3.05) is 6.54 Å². The summed E-state index contributed by atoms with van der Waals surface area (Å²) in [6.45, 7) is 4.86. The molecule has 0 amide bonds. The molecular weight excluding hydrogens is 273 g/mol. The molecule has 2 aromatic rings. The lowest BCUT2D eigenvalue weighted by Gasteiger charge is -2.12. The number of rotatable bonds is 4. The van der Waals surface area contributed by atoms with Crippen LogP contribution < -0.4 is 5.32 Å². The van der Waals surface area contributed by atoms with Gasteiger partial charge in [-0.15, -0.1) is 5.10 Å². The second kappa shape index (κ2) is 5.65. The quantitative estimate of drug-likeness (QED) is 0.938. The fraction of sp³-hybridized carbons (Fsp3) is 0.364. The van der Waals surface area contributed by atoms with Crippen LogP contribution in [0.4, 0.5) is 0 Å². The van der Waals surface area contributed by atoms with Crippen molar-refractivity contribution in [2.24, 2.45) is 0 Å². The van der Waals surface area contributed by atoms with Crippen molar-refractivity contribution < 1.29 is 0 Å². The minimum atomic E-state index is 0.0387. The van der Waals surface area contributed by atoms with Gasteiger partial charge in [0.15, 0.2) is 5.82 Å². The van der Waals surface area contributed by atoms with Gasteiger partial charge < -0.3 is 5.32 Å². The average molecular weight is 286 g/mol. The highest BCUT2D eigenvalue weighted by atomic mass is 35.5. The monoisotopic (exact) mass is 285 g/mol. The summed E-state index contributed by atoms with van der Waals surface area (Å²) in [6.07, 6.45) is 0. The molecule has 5 nitrogen and oxygen atoms in total. The molecular formula is C11H13Cl2N5. The molecule has 1 N–H and O–H groups in total. The minimum Gasteiger partial charge on any atom is -0.308 e. The van der Waals surface area contributed by atoms with E-state index in [1.54, 1.807) is 22.9 Å². The third-order valence-corrected chi connectivity index (χ3v) is 3.07. The van der Waals surface area contributed by atoms with Crippen LogP contribution in [0.2, 0.25) is 10.0 Å². The van der Waals surface area contributed by atoms with Crippen LogP contribution in [0, 0.1) is 0 Å². The van der Waals surface area contributed by atoms with E-state index in [0.717, 1.165) is 6.54 Å². The van der Waals surface area contributed by atoms with Crippen LogP contribution >= 0.6 is 23.2 Å². The highest BCUT2D eigenvalue weighted by molar-refractivity contribution is 6.35. The van der Waals surface area contributed by atoms with Gasteiger partial charge in [0.2, 0.25) is 0 Å². The Balaban J connectivity index is 2.42. The number of nitrogens with zero attached hydrogens (tertiary/aromatic N) is 4. The molecule has 1 heterocycles. The fourth-order valence-electron chi connectivity index (χ4n) is 1.69. The van der Waals surface area contributed by atoms with Crippen molar-refractivity contribution >= 4 is 23.2 Å². The first-order chi connectivity index (χ1) is 8.63. The predicted molar refractivity (Wildman–Crippen MR) is 71.3 cm³/mol. The van der Waals surface area contributed by atoms with Crippen LogP contribution in [0.5, 0.6) is 0 Å². The Morgan fingerprint density at radius 1 is 1.39 bits per heavy atom.